The minimum absolute atomic E-state index is 0.0416. The van der Waals surface area contributed by atoms with E-state index in [-0.39, 0.29) is 17.7 Å². The van der Waals surface area contributed by atoms with Crippen molar-refractivity contribution in [3.8, 4) is 11.5 Å². The molecule has 1 aromatic carbocycles. The predicted molar refractivity (Wildman–Crippen MR) is 115 cm³/mol. The molecule has 1 fully saturated rings. The van der Waals surface area contributed by atoms with Crippen molar-refractivity contribution in [2.45, 2.75) is 26.2 Å². The van der Waals surface area contributed by atoms with Gasteiger partial charge in [-0.2, -0.15) is 5.10 Å². The van der Waals surface area contributed by atoms with Crippen LogP contribution in [0.25, 0.3) is 11.5 Å². The third-order valence-electron chi connectivity index (χ3n) is 5.45. The fourth-order valence-electron chi connectivity index (χ4n) is 3.91. The molecule has 3 aromatic rings. The summed E-state index contributed by atoms with van der Waals surface area (Å²) in [6, 6.07) is 13.6. The zero-order valence-electron chi connectivity index (χ0n) is 17.2. The van der Waals surface area contributed by atoms with E-state index in [1.54, 1.807) is 15.8 Å². The number of carbonyl (C=O) groups excluding carboxylic acids is 2. The molecule has 0 aliphatic carbocycles. The highest BCUT2D eigenvalue weighted by Gasteiger charge is 2.31. The van der Waals surface area contributed by atoms with Crippen LogP contribution in [0.15, 0.2) is 61.1 Å². The van der Waals surface area contributed by atoms with Gasteiger partial charge in [-0.1, -0.05) is 25.1 Å². The molecule has 0 saturated carbocycles. The van der Waals surface area contributed by atoms with Gasteiger partial charge in [0.15, 0.2) is 5.82 Å². The molecule has 0 bridgehead atoms. The van der Waals surface area contributed by atoms with Crippen LogP contribution in [0.4, 0.5) is 0 Å². The van der Waals surface area contributed by atoms with Crippen molar-refractivity contribution < 1.29 is 9.59 Å². The first-order valence-electron chi connectivity index (χ1n) is 10.5. The van der Waals surface area contributed by atoms with Gasteiger partial charge in [0.25, 0.3) is 5.91 Å². The van der Waals surface area contributed by atoms with Gasteiger partial charge in [-0.3, -0.25) is 9.59 Å². The summed E-state index contributed by atoms with van der Waals surface area (Å²) in [6.45, 7) is 3.79. The van der Waals surface area contributed by atoms with Crippen LogP contribution in [-0.2, 0) is 4.79 Å². The first-order valence-corrected chi connectivity index (χ1v) is 10.5. The van der Waals surface area contributed by atoms with Crippen molar-refractivity contribution in [3.63, 3.8) is 0 Å². The summed E-state index contributed by atoms with van der Waals surface area (Å²) >= 11 is 0. The molecule has 7 nitrogen and oxygen atoms in total. The minimum Gasteiger partial charge on any atom is -0.356 e. The number of aromatic nitrogens is 3. The molecule has 3 heterocycles. The minimum atomic E-state index is -0.159. The third-order valence-corrected chi connectivity index (χ3v) is 5.45. The van der Waals surface area contributed by atoms with Gasteiger partial charge in [-0.25, -0.2) is 4.68 Å². The van der Waals surface area contributed by atoms with Crippen LogP contribution in [0, 0.1) is 5.92 Å². The zero-order chi connectivity index (χ0) is 20.9. The number of likely N-dealkylation sites (tertiary alicyclic amines) is 1. The lowest BCUT2D eigenvalue weighted by molar-refractivity contribution is -0.126. The summed E-state index contributed by atoms with van der Waals surface area (Å²) in [6.07, 6.45) is 7.98. The second-order valence-electron chi connectivity index (χ2n) is 7.60. The van der Waals surface area contributed by atoms with Crippen molar-refractivity contribution in [1.82, 2.24) is 24.6 Å². The van der Waals surface area contributed by atoms with E-state index in [1.165, 1.54) is 0 Å². The quantitative estimate of drug-likeness (QED) is 0.685. The third kappa shape index (κ3) is 4.01. The molecule has 0 spiro atoms. The first-order chi connectivity index (χ1) is 14.7. The highest BCUT2D eigenvalue weighted by Crippen LogP contribution is 2.24. The number of hydrogen-bond acceptors (Lipinski definition) is 3. The van der Waals surface area contributed by atoms with E-state index in [1.807, 2.05) is 66.3 Å². The smallest absolute Gasteiger partial charge is 0.259 e. The number of amides is 2. The lowest BCUT2D eigenvalue weighted by Gasteiger charge is -2.32. The largest absolute Gasteiger partial charge is 0.356 e. The van der Waals surface area contributed by atoms with E-state index in [0.717, 1.165) is 24.9 Å². The van der Waals surface area contributed by atoms with E-state index < -0.39 is 0 Å². The molecule has 1 N–H and O–H groups in total. The second kappa shape index (κ2) is 8.98. The average Bonchev–Trinajstić information content (AvgIpc) is 3.47. The van der Waals surface area contributed by atoms with E-state index in [0.29, 0.717) is 31.0 Å². The Kier molecular flexibility index (Phi) is 5.97. The van der Waals surface area contributed by atoms with E-state index in [4.69, 9.17) is 0 Å². The molecule has 30 heavy (non-hydrogen) atoms. The molecule has 1 atom stereocenters. The molecule has 1 aliphatic heterocycles. The van der Waals surface area contributed by atoms with Gasteiger partial charge >= 0.3 is 0 Å². The maximum atomic E-state index is 13.5. The molecule has 4 rings (SSSR count). The van der Waals surface area contributed by atoms with Crippen molar-refractivity contribution >= 4 is 11.8 Å². The molecule has 2 aromatic heterocycles. The SMILES string of the molecule is CCCNC(=O)[C@@H]1CCCN(C(=O)c2cnn(-c3ccccc3)c2-n2cccc2)C1. The number of carbonyl (C=O) groups is 2. The van der Waals surface area contributed by atoms with E-state index >= 15 is 0 Å². The summed E-state index contributed by atoms with van der Waals surface area (Å²) < 4.78 is 3.69. The van der Waals surface area contributed by atoms with Crippen LogP contribution < -0.4 is 5.32 Å². The van der Waals surface area contributed by atoms with Crippen LogP contribution in [0.2, 0.25) is 0 Å². The topological polar surface area (TPSA) is 72.2 Å². The molecule has 156 valence electrons. The Labute approximate surface area is 176 Å². The number of nitrogens with zero attached hydrogens (tertiary/aromatic N) is 4. The van der Waals surface area contributed by atoms with Gasteiger partial charge in [-0.05, 0) is 43.5 Å². The van der Waals surface area contributed by atoms with Gasteiger partial charge in [0.1, 0.15) is 5.56 Å². The Balaban J connectivity index is 1.63. The Bertz CT molecular complexity index is 994. The number of rotatable bonds is 6. The van der Waals surface area contributed by atoms with Crippen molar-refractivity contribution in [2.75, 3.05) is 19.6 Å². The normalized spacial score (nSPS) is 16.4. The number of piperidine rings is 1. The molecule has 0 radical (unpaired) electrons. The fourth-order valence-corrected chi connectivity index (χ4v) is 3.91. The number of hydrogen-bond donors (Lipinski definition) is 1. The monoisotopic (exact) mass is 405 g/mol. The van der Waals surface area contributed by atoms with Crippen molar-refractivity contribution in [1.29, 1.82) is 0 Å². The fraction of sp³-hybridized carbons (Fsp3) is 0.348. The predicted octanol–water partition coefficient (Wildman–Crippen LogP) is 3.04. The lowest BCUT2D eigenvalue weighted by atomic mass is 9.96. The van der Waals surface area contributed by atoms with Gasteiger partial charge < -0.3 is 14.8 Å². The molecular weight excluding hydrogens is 378 g/mol. The molecular formula is C23H27N5O2. The number of para-hydroxylation sites is 1. The van der Waals surface area contributed by atoms with Crippen LogP contribution in [0.1, 0.15) is 36.5 Å². The maximum Gasteiger partial charge on any atom is 0.259 e. The summed E-state index contributed by atoms with van der Waals surface area (Å²) in [4.78, 5) is 27.7. The van der Waals surface area contributed by atoms with Gasteiger partial charge in [-0.15, -0.1) is 0 Å². The summed E-state index contributed by atoms with van der Waals surface area (Å²) in [5.74, 6) is 0.496. The van der Waals surface area contributed by atoms with Crippen LogP contribution in [0.3, 0.4) is 0 Å². The second-order valence-corrected chi connectivity index (χ2v) is 7.60. The Morgan fingerprint density at radius 1 is 1.13 bits per heavy atom. The number of benzene rings is 1. The molecule has 2 amide bonds. The highest BCUT2D eigenvalue weighted by molar-refractivity contribution is 5.97. The molecule has 0 unspecified atom stereocenters. The first kappa shape index (κ1) is 19.9. The summed E-state index contributed by atoms with van der Waals surface area (Å²) in [7, 11) is 0. The average molecular weight is 406 g/mol. The van der Waals surface area contributed by atoms with Gasteiger partial charge in [0.2, 0.25) is 5.91 Å². The number of nitrogens with one attached hydrogen (secondary N) is 1. The van der Waals surface area contributed by atoms with Crippen LogP contribution in [-0.4, -0.2) is 50.7 Å². The highest BCUT2D eigenvalue weighted by atomic mass is 16.2. The molecule has 7 heteroatoms. The van der Waals surface area contributed by atoms with E-state index in [2.05, 4.69) is 10.4 Å². The zero-order valence-corrected chi connectivity index (χ0v) is 17.2. The maximum absolute atomic E-state index is 13.5. The van der Waals surface area contributed by atoms with E-state index in [9.17, 15) is 9.59 Å². The Hall–Kier alpha value is -3.35. The molecule has 1 saturated heterocycles. The van der Waals surface area contributed by atoms with Gasteiger partial charge in [0, 0.05) is 32.0 Å². The van der Waals surface area contributed by atoms with Crippen molar-refractivity contribution in [3.05, 3.63) is 66.6 Å². The van der Waals surface area contributed by atoms with Crippen molar-refractivity contribution in [2.24, 2.45) is 5.92 Å². The Morgan fingerprint density at radius 3 is 2.63 bits per heavy atom. The summed E-state index contributed by atoms with van der Waals surface area (Å²) in [5, 5.41) is 7.49. The lowest BCUT2D eigenvalue weighted by Crippen LogP contribution is -2.45. The van der Waals surface area contributed by atoms with Crippen LogP contribution in [0.5, 0.6) is 0 Å². The Morgan fingerprint density at radius 2 is 1.90 bits per heavy atom. The molecule has 1 aliphatic rings. The van der Waals surface area contributed by atoms with Crippen LogP contribution >= 0.6 is 0 Å². The standard InChI is InChI=1S/C23H27N5O2/c1-2-12-24-21(29)18-9-8-15-27(17-18)23(30)20-16-25-28(19-10-4-3-5-11-19)22(20)26-13-6-7-14-26/h3-7,10-11,13-14,16,18H,2,8-9,12,15,17H2,1H3,(H,24,29)/t18-/m1/s1. The van der Waals surface area contributed by atoms with Gasteiger partial charge in [0.05, 0.1) is 17.8 Å². The summed E-state index contributed by atoms with van der Waals surface area (Å²) in [5.41, 5.74) is 1.42.